The van der Waals surface area contributed by atoms with Crippen LogP contribution in [0.4, 0.5) is 11.4 Å². The largest absolute Gasteiger partial charge is 0.494 e. The maximum atomic E-state index is 8.10. The molecule has 0 saturated carbocycles. The van der Waals surface area contributed by atoms with E-state index in [2.05, 4.69) is 177 Å². The normalized spacial score (nSPS) is 12.6. The molecule has 0 saturated heterocycles. The van der Waals surface area contributed by atoms with Crippen LogP contribution in [0.15, 0.2) is 60.7 Å². The summed E-state index contributed by atoms with van der Waals surface area (Å²) in [5, 5.41) is 27.3. The molecule has 10 heteroatoms. The van der Waals surface area contributed by atoms with Gasteiger partial charge in [-0.05, 0) is 178 Å². The number of rotatable bonds is 8. The van der Waals surface area contributed by atoms with Crippen LogP contribution in [0, 0.1) is 22.9 Å². The van der Waals surface area contributed by atoms with Crippen molar-refractivity contribution in [3.63, 3.8) is 0 Å². The first kappa shape index (κ1) is 66.6. The molecule has 0 fully saturated rings. The summed E-state index contributed by atoms with van der Waals surface area (Å²) >= 11 is 0. The van der Waals surface area contributed by atoms with Gasteiger partial charge in [-0.2, -0.15) is 0 Å². The van der Waals surface area contributed by atoms with Crippen molar-refractivity contribution in [1.29, 1.82) is 10.5 Å². The van der Waals surface area contributed by atoms with E-state index in [4.69, 9.17) is 10.5 Å². The second-order valence-electron chi connectivity index (χ2n) is 24.0. The first-order valence-corrected chi connectivity index (χ1v) is 28.4. The van der Waals surface area contributed by atoms with Gasteiger partial charge in [-0.3, -0.25) is 0 Å². The van der Waals surface area contributed by atoms with Gasteiger partial charge < -0.3 is 21.2 Å². The molecule has 60 heavy (non-hydrogen) atoms. The summed E-state index contributed by atoms with van der Waals surface area (Å²) < 4.78 is 0. The van der Waals surface area contributed by atoms with E-state index in [9.17, 15) is 0 Å². The summed E-state index contributed by atoms with van der Waals surface area (Å²) in [5.74, 6) is 0. The van der Waals surface area contributed by atoms with Crippen molar-refractivity contribution in [3.05, 3.63) is 71.3 Å². The van der Waals surface area contributed by atoms with Crippen LogP contribution in [0.3, 0.4) is 0 Å². The van der Waals surface area contributed by atoms with Crippen LogP contribution in [0.5, 0.6) is 0 Å². The van der Waals surface area contributed by atoms with Crippen molar-refractivity contribution >= 4 is 43.1 Å². The molecule has 0 unspecified atom stereocenters. The Bertz CT molecular complexity index is 1250. The van der Waals surface area contributed by atoms with E-state index in [-0.39, 0.29) is 70.6 Å². The van der Waals surface area contributed by atoms with E-state index < -0.39 is 0 Å². The van der Waals surface area contributed by atoms with Gasteiger partial charge >= 0.3 is 0 Å². The Hall–Kier alpha value is -0.0132. The Morgan fingerprint density at radius 1 is 0.333 bits per heavy atom. The minimum absolute atomic E-state index is 0. The molecule has 0 spiro atoms. The number of para-hydroxylation sites is 2. The quantitative estimate of drug-likeness (QED) is 0.150. The third kappa shape index (κ3) is 29.4. The van der Waals surface area contributed by atoms with Gasteiger partial charge in [0.1, 0.15) is 0 Å². The van der Waals surface area contributed by atoms with Crippen LogP contribution in [-0.4, -0.2) is 65.9 Å². The number of nitrogens with zero attached hydrogens (tertiary/aromatic N) is 4. The monoisotopic (exact) mass is 1080 g/mol. The van der Waals surface area contributed by atoms with E-state index in [1.54, 1.807) is 36.7 Å². The Morgan fingerprint density at radius 3 is 0.600 bits per heavy atom. The first-order chi connectivity index (χ1) is 25.8. The van der Waals surface area contributed by atoms with Gasteiger partial charge in [-0.1, -0.05) is 73.0 Å². The van der Waals surface area contributed by atoms with Crippen LogP contribution in [0.25, 0.3) is 10.6 Å². The van der Waals surface area contributed by atoms with Gasteiger partial charge in [-0.25, -0.2) is 0 Å². The van der Waals surface area contributed by atoms with Crippen LogP contribution >= 0.6 is 31.7 Å². The predicted octanol–water partition coefficient (Wildman–Crippen LogP) is 17.6. The number of hydrogen-bond acceptors (Lipinski definition) is 2. The molecule has 2 aromatic carbocycles. The standard InChI is InChI=1S/2C18H40P2.2C7H5N2.2Rh/c2*1-15(2,3)19(16(4,5)6)13-14-20(17(7,8)9)18(10,11)12;2*8-6-9-7-4-2-1-3-5-7;;/h2*13-14H2,1-12H3;2*1-5H;;/q;;2*-1;;/p+4. The fourth-order valence-corrected chi connectivity index (χ4v) is 28.1. The molecule has 0 atom stereocenters. The molecule has 2 aromatic rings. The first-order valence-electron chi connectivity index (χ1n) is 21.6. The van der Waals surface area contributed by atoms with E-state index in [1.165, 1.54) is 24.6 Å². The molecule has 350 valence electrons. The zero-order valence-corrected chi connectivity index (χ0v) is 50.3. The number of hydrogen-bond donors (Lipinski definition) is 0. The van der Waals surface area contributed by atoms with Crippen molar-refractivity contribution < 1.29 is 39.0 Å². The van der Waals surface area contributed by atoms with Gasteiger partial charge in [0.15, 0.2) is 0 Å². The van der Waals surface area contributed by atoms with Crippen LogP contribution in [0.1, 0.15) is 166 Å². The SMILES string of the molecule is CC(C)(C)[PH+](CC[PH+](C(C)(C)C)C(C)(C)C)C(C)(C)C.CC(C)(C)[PH+](CC[PH+](C(C)(C)C)C(C)(C)C)C(C)(C)C.N#C[N-]c1ccccc1.N#C[N-]c1ccccc1.[Rh].[Rh]. The summed E-state index contributed by atoms with van der Waals surface area (Å²) in [4.78, 5) is 0. The molecule has 0 bridgehead atoms. The number of benzene rings is 2. The summed E-state index contributed by atoms with van der Waals surface area (Å²) in [6, 6.07) is 18.3. The van der Waals surface area contributed by atoms with E-state index in [1.807, 2.05) is 36.4 Å². The molecule has 2 radical (unpaired) electrons. The maximum absolute atomic E-state index is 8.10. The zero-order chi connectivity index (χ0) is 46.2. The van der Waals surface area contributed by atoms with Gasteiger partial charge in [0.05, 0.1) is 65.9 Å². The molecule has 0 aromatic heterocycles. The van der Waals surface area contributed by atoms with Gasteiger partial charge in [-0.15, -0.1) is 0 Å². The summed E-state index contributed by atoms with van der Waals surface area (Å²) in [5.41, 5.74) is 1.42. The molecule has 4 nitrogen and oxygen atoms in total. The van der Waals surface area contributed by atoms with Crippen LogP contribution in [-0.2, 0) is 39.0 Å². The zero-order valence-electron chi connectivity index (χ0n) is 43.1. The number of nitriles is 2. The fraction of sp³-hybridized carbons (Fsp3) is 0.720. The van der Waals surface area contributed by atoms with Crippen molar-refractivity contribution in [2.75, 3.05) is 24.6 Å². The minimum Gasteiger partial charge on any atom is -0.494 e. The van der Waals surface area contributed by atoms with E-state index in [0.29, 0.717) is 52.6 Å². The smallest absolute Gasteiger partial charge is 0.0915 e. The van der Waals surface area contributed by atoms with Crippen molar-refractivity contribution in [2.45, 2.75) is 207 Å². The van der Waals surface area contributed by atoms with Gasteiger partial charge in [0, 0.05) is 70.6 Å². The van der Waals surface area contributed by atoms with E-state index >= 15 is 0 Å². The molecule has 0 aliphatic carbocycles. The second kappa shape index (κ2) is 28.1. The average molecular weight is 1080 g/mol. The molecular weight excluding hydrogens is 986 g/mol. The van der Waals surface area contributed by atoms with Gasteiger partial charge in [0.2, 0.25) is 0 Å². The maximum Gasteiger partial charge on any atom is 0.0915 e. The molecule has 0 heterocycles. The molecule has 2 rings (SSSR count). The summed E-state index contributed by atoms with van der Waals surface area (Å²) in [7, 11) is -1.46. The third-order valence-corrected chi connectivity index (χ3v) is 28.8. The summed E-state index contributed by atoms with van der Waals surface area (Å²) in [6.45, 7) is 59.2. The molecular formula is C50H94N4P4Rh2+2. The average Bonchev–Trinajstić information content (AvgIpc) is 2.99. The van der Waals surface area contributed by atoms with Crippen molar-refractivity contribution in [1.82, 2.24) is 0 Å². The second-order valence-corrected chi connectivity index (χ2v) is 41.8. The van der Waals surface area contributed by atoms with Crippen LogP contribution < -0.4 is 0 Å². The van der Waals surface area contributed by atoms with Gasteiger partial charge in [0.25, 0.3) is 0 Å². The van der Waals surface area contributed by atoms with Crippen molar-refractivity contribution in [2.24, 2.45) is 0 Å². The topological polar surface area (TPSA) is 75.8 Å². The fourth-order valence-electron chi connectivity index (χ4n) is 9.12. The Morgan fingerprint density at radius 2 is 0.483 bits per heavy atom. The Labute approximate surface area is 405 Å². The summed E-state index contributed by atoms with van der Waals surface area (Å²) in [6.07, 6.45) is 9.36. The molecule has 0 aliphatic rings. The predicted molar refractivity (Wildman–Crippen MR) is 281 cm³/mol. The molecule has 0 aliphatic heterocycles. The molecule has 0 amide bonds. The van der Waals surface area contributed by atoms with Crippen molar-refractivity contribution in [3.8, 4) is 12.4 Å². The third-order valence-electron chi connectivity index (χ3n) is 10.4. The van der Waals surface area contributed by atoms with E-state index in [0.717, 1.165) is 0 Å². The Kier molecular flexibility index (Phi) is 31.2. The minimum atomic E-state index is -0.364. The molecule has 0 N–H and O–H groups in total. The van der Waals surface area contributed by atoms with Crippen LogP contribution in [0.2, 0.25) is 0 Å². The Balaban J connectivity index is -0.000000365.